The van der Waals surface area contributed by atoms with E-state index in [0.29, 0.717) is 11.3 Å². The lowest BCUT2D eigenvalue weighted by molar-refractivity contribution is -0.364. The molecule has 0 spiro atoms. The molecule has 14 heavy (non-hydrogen) atoms. The first-order valence-corrected chi connectivity index (χ1v) is 4.20. The van der Waals surface area contributed by atoms with Gasteiger partial charge in [-0.15, -0.1) is 0 Å². The van der Waals surface area contributed by atoms with E-state index in [2.05, 4.69) is 0 Å². The Kier molecular flexibility index (Phi) is 3.46. The molecule has 0 bridgehead atoms. The van der Waals surface area contributed by atoms with Gasteiger partial charge in [0.25, 0.3) is 0 Å². The zero-order valence-corrected chi connectivity index (χ0v) is 8.61. The van der Waals surface area contributed by atoms with Crippen LogP contribution in [0, 0.1) is 0 Å². The van der Waals surface area contributed by atoms with Crippen molar-refractivity contribution >= 4 is 5.69 Å². The number of benzene rings is 1. The molecule has 1 aromatic rings. The van der Waals surface area contributed by atoms with E-state index in [-0.39, 0.29) is 0 Å². The maximum atomic E-state index is 5.79. The smallest absolute Gasteiger partial charge is 0.313 e. The molecule has 0 aromatic heterocycles. The molecule has 2 N–H and O–H groups in total. The molecular weight excluding hydrogens is 182 g/mol. The molecule has 4 nitrogen and oxygen atoms in total. The number of ether oxygens (including phenoxy) is 3. The van der Waals surface area contributed by atoms with Crippen molar-refractivity contribution in [3.05, 3.63) is 29.8 Å². The second kappa shape index (κ2) is 4.41. The minimum absolute atomic E-state index is 0.568. The van der Waals surface area contributed by atoms with Gasteiger partial charge >= 0.3 is 5.97 Å². The summed E-state index contributed by atoms with van der Waals surface area (Å²) in [4.78, 5) is 0. The molecule has 0 heterocycles. The highest BCUT2D eigenvalue weighted by Gasteiger charge is 2.34. The summed E-state index contributed by atoms with van der Waals surface area (Å²) in [6, 6.07) is 7.25. The van der Waals surface area contributed by atoms with Gasteiger partial charge in [0, 0.05) is 27.0 Å². The summed E-state index contributed by atoms with van der Waals surface area (Å²) >= 11 is 0. The third-order valence-electron chi connectivity index (χ3n) is 2.10. The van der Waals surface area contributed by atoms with E-state index in [1.54, 1.807) is 12.1 Å². The summed E-state index contributed by atoms with van der Waals surface area (Å²) < 4.78 is 15.5. The average Bonchev–Trinajstić information content (AvgIpc) is 2.24. The van der Waals surface area contributed by atoms with Gasteiger partial charge in [-0.2, -0.15) is 0 Å². The van der Waals surface area contributed by atoms with Crippen molar-refractivity contribution in [3.8, 4) is 0 Å². The first-order valence-electron chi connectivity index (χ1n) is 4.20. The maximum Gasteiger partial charge on any atom is 0.313 e. The molecule has 0 fully saturated rings. The van der Waals surface area contributed by atoms with Crippen LogP contribution in [0.15, 0.2) is 24.3 Å². The number of nitrogen functional groups attached to an aromatic ring is 1. The van der Waals surface area contributed by atoms with Gasteiger partial charge < -0.3 is 19.9 Å². The van der Waals surface area contributed by atoms with Crippen LogP contribution in [-0.2, 0) is 20.2 Å². The first-order chi connectivity index (χ1) is 6.70. The SMILES string of the molecule is COC(OC)(OC)c1ccccc1N. The second-order valence-electron chi connectivity index (χ2n) is 2.76. The van der Waals surface area contributed by atoms with Crippen molar-refractivity contribution in [2.24, 2.45) is 0 Å². The Hall–Kier alpha value is -1.10. The van der Waals surface area contributed by atoms with E-state index in [4.69, 9.17) is 19.9 Å². The maximum absolute atomic E-state index is 5.79. The van der Waals surface area contributed by atoms with Crippen molar-refractivity contribution < 1.29 is 14.2 Å². The van der Waals surface area contributed by atoms with Gasteiger partial charge in [-0.25, -0.2) is 0 Å². The third kappa shape index (κ3) is 1.72. The van der Waals surface area contributed by atoms with Gasteiger partial charge in [-0.1, -0.05) is 12.1 Å². The molecule has 0 saturated heterocycles. The minimum atomic E-state index is -1.22. The molecule has 0 aliphatic carbocycles. The lowest BCUT2D eigenvalue weighted by Gasteiger charge is -2.29. The Morgan fingerprint density at radius 2 is 1.50 bits per heavy atom. The van der Waals surface area contributed by atoms with E-state index in [1.165, 1.54) is 21.3 Å². The van der Waals surface area contributed by atoms with Gasteiger partial charge in [0.1, 0.15) is 0 Å². The molecule has 0 atom stereocenters. The third-order valence-corrected chi connectivity index (χ3v) is 2.10. The van der Waals surface area contributed by atoms with Crippen LogP contribution in [-0.4, -0.2) is 21.3 Å². The predicted molar refractivity (Wildman–Crippen MR) is 53.6 cm³/mol. The minimum Gasteiger partial charge on any atom is -0.398 e. The monoisotopic (exact) mass is 197 g/mol. The normalized spacial score (nSPS) is 11.6. The molecule has 0 unspecified atom stereocenters. The van der Waals surface area contributed by atoms with Crippen molar-refractivity contribution in [2.75, 3.05) is 27.1 Å². The van der Waals surface area contributed by atoms with Crippen LogP contribution in [0.1, 0.15) is 5.56 Å². The van der Waals surface area contributed by atoms with Crippen LogP contribution < -0.4 is 5.73 Å². The standard InChI is InChI=1S/C10H15NO3/c1-12-10(13-2,14-3)8-6-4-5-7-9(8)11/h4-7H,11H2,1-3H3. The summed E-state index contributed by atoms with van der Waals surface area (Å²) in [6.07, 6.45) is 0. The Morgan fingerprint density at radius 3 is 1.93 bits per heavy atom. The van der Waals surface area contributed by atoms with Crippen LogP contribution in [0.3, 0.4) is 0 Å². The number of anilines is 1. The van der Waals surface area contributed by atoms with Crippen LogP contribution >= 0.6 is 0 Å². The fourth-order valence-corrected chi connectivity index (χ4v) is 1.36. The Balaban J connectivity index is 3.17. The topological polar surface area (TPSA) is 53.7 Å². The highest BCUT2D eigenvalue weighted by Crippen LogP contribution is 2.30. The fraction of sp³-hybridized carbons (Fsp3) is 0.400. The number of para-hydroxylation sites is 1. The molecule has 4 heteroatoms. The number of hydrogen-bond donors (Lipinski definition) is 1. The van der Waals surface area contributed by atoms with E-state index < -0.39 is 5.97 Å². The molecule has 78 valence electrons. The summed E-state index contributed by atoms with van der Waals surface area (Å²) in [6.45, 7) is 0. The summed E-state index contributed by atoms with van der Waals surface area (Å²) in [5.74, 6) is -1.22. The second-order valence-corrected chi connectivity index (χ2v) is 2.76. The number of nitrogens with two attached hydrogens (primary N) is 1. The summed E-state index contributed by atoms with van der Waals surface area (Å²) in [5.41, 5.74) is 7.02. The summed E-state index contributed by atoms with van der Waals surface area (Å²) in [7, 11) is 4.50. The zero-order valence-electron chi connectivity index (χ0n) is 8.61. The lowest BCUT2D eigenvalue weighted by atomic mass is 10.1. The zero-order chi connectivity index (χ0) is 10.6. The van der Waals surface area contributed by atoms with Gasteiger partial charge in [-0.05, 0) is 12.1 Å². The van der Waals surface area contributed by atoms with Crippen molar-refractivity contribution in [2.45, 2.75) is 5.97 Å². The number of rotatable bonds is 4. The van der Waals surface area contributed by atoms with Crippen molar-refractivity contribution in [1.29, 1.82) is 0 Å². The van der Waals surface area contributed by atoms with Gasteiger partial charge in [0.2, 0.25) is 0 Å². The van der Waals surface area contributed by atoms with Crippen molar-refractivity contribution in [3.63, 3.8) is 0 Å². The van der Waals surface area contributed by atoms with Crippen LogP contribution in [0.4, 0.5) is 5.69 Å². The predicted octanol–water partition coefficient (Wildman–Crippen LogP) is 1.32. The van der Waals surface area contributed by atoms with E-state index >= 15 is 0 Å². The molecule has 0 aliphatic rings. The largest absolute Gasteiger partial charge is 0.398 e. The van der Waals surface area contributed by atoms with E-state index in [1.807, 2.05) is 12.1 Å². The molecule has 0 saturated carbocycles. The highest BCUT2D eigenvalue weighted by molar-refractivity contribution is 5.48. The first kappa shape index (κ1) is 11.0. The molecule has 0 aliphatic heterocycles. The van der Waals surface area contributed by atoms with Gasteiger partial charge in [-0.3, -0.25) is 0 Å². The van der Waals surface area contributed by atoms with Crippen LogP contribution in [0.5, 0.6) is 0 Å². The molecule has 0 radical (unpaired) electrons. The van der Waals surface area contributed by atoms with Gasteiger partial charge in [0.15, 0.2) is 0 Å². The molecule has 1 rings (SSSR count). The fourth-order valence-electron chi connectivity index (χ4n) is 1.36. The van der Waals surface area contributed by atoms with Gasteiger partial charge in [0.05, 0.1) is 5.56 Å². The molecule has 1 aromatic carbocycles. The van der Waals surface area contributed by atoms with Crippen molar-refractivity contribution in [1.82, 2.24) is 0 Å². The van der Waals surface area contributed by atoms with Crippen LogP contribution in [0.25, 0.3) is 0 Å². The van der Waals surface area contributed by atoms with Crippen LogP contribution in [0.2, 0.25) is 0 Å². The number of methoxy groups -OCH3 is 3. The van der Waals surface area contributed by atoms with E-state index in [9.17, 15) is 0 Å². The van der Waals surface area contributed by atoms with E-state index in [0.717, 1.165) is 0 Å². The summed E-state index contributed by atoms with van der Waals surface area (Å²) in [5, 5.41) is 0. The molecular formula is C10H15NO3. The Bertz CT molecular complexity index is 289. The Morgan fingerprint density at radius 1 is 1.00 bits per heavy atom. The molecule has 0 amide bonds. The average molecular weight is 197 g/mol. The lowest BCUT2D eigenvalue weighted by Crippen LogP contribution is -2.33. The Labute approximate surface area is 83.6 Å². The highest BCUT2D eigenvalue weighted by atomic mass is 16.9. The number of hydrogen-bond acceptors (Lipinski definition) is 4. The quantitative estimate of drug-likeness (QED) is 0.584.